The molecule has 0 heterocycles. The van der Waals surface area contributed by atoms with Crippen molar-refractivity contribution in [1.82, 2.24) is 0 Å². The van der Waals surface area contributed by atoms with E-state index in [-0.39, 0.29) is 11.9 Å². The van der Waals surface area contributed by atoms with E-state index in [1.165, 1.54) is 6.07 Å². The number of hydrogen-bond donors (Lipinski definition) is 1. The van der Waals surface area contributed by atoms with E-state index in [1.54, 1.807) is 12.1 Å². The lowest BCUT2D eigenvalue weighted by Crippen LogP contribution is -2.32. The minimum Gasteiger partial charge on any atom is -0.328 e. The molecule has 0 aromatic heterocycles. The molecular formula is C13H20FN. The second-order valence-corrected chi connectivity index (χ2v) is 4.60. The Balaban J connectivity index is 2.74. The zero-order valence-electron chi connectivity index (χ0n) is 9.70. The summed E-state index contributed by atoms with van der Waals surface area (Å²) in [7, 11) is 0. The molecule has 0 fully saturated rings. The molecule has 2 heteroatoms. The Morgan fingerprint density at radius 3 is 2.40 bits per heavy atom. The predicted molar refractivity (Wildman–Crippen MR) is 62.1 cm³/mol. The number of benzene rings is 1. The molecule has 2 atom stereocenters. The van der Waals surface area contributed by atoms with Crippen molar-refractivity contribution in [1.29, 1.82) is 0 Å². The molecule has 15 heavy (non-hydrogen) atoms. The first-order valence-corrected chi connectivity index (χ1v) is 5.50. The summed E-state index contributed by atoms with van der Waals surface area (Å²) < 4.78 is 13.0. The fourth-order valence-electron chi connectivity index (χ4n) is 1.96. The number of nitrogens with two attached hydrogens (primary N) is 1. The van der Waals surface area contributed by atoms with Gasteiger partial charge in [-0.05, 0) is 42.9 Å². The first-order chi connectivity index (χ1) is 7.00. The average molecular weight is 209 g/mol. The van der Waals surface area contributed by atoms with Crippen molar-refractivity contribution >= 4 is 0 Å². The van der Waals surface area contributed by atoms with Gasteiger partial charge in [-0.25, -0.2) is 4.39 Å². The van der Waals surface area contributed by atoms with Crippen LogP contribution in [0.5, 0.6) is 0 Å². The Labute approximate surface area is 91.5 Å². The zero-order chi connectivity index (χ0) is 11.4. The van der Waals surface area contributed by atoms with Gasteiger partial charge in [0.1, 0.15) is 5.82 Å². The van der Waals surface area contributed by atoms with Gasteiger partial charge in [-0.15, -0.1) is 0 Å². The minimum atomic E-state index is -0.167. The molecule has 0 amide bonds. The molecule has 84 valence electrons. The molecule has 0 saturated carbocycles. The molecule has 0 spiro atoms. The molecule has 0 radical (unpaired) electrons. The molecule has 2 N–H and O–H groups in total. The summed E-state index contributed by atoms with van der Waals surface area (Å²) in [4.78, 5) is 0. The van der Waals surface area contributed by atoms with Crippen molar-refractivity contribution in [2.75, 3.05) is 0 Å². The largest absolute Gasteiger partial charge is 0.328 e. The third-order valence-electron chi connectivity index (χ3n) is 2.89. The molecule has 0 aliphatic rings. The van der Waals surface area contributed by atoms with Gasteiger partial charge in [0, 0.05) is 6.04 Å². The Kier molecular flexibility index (Phi) is 4.28. The Morgan fingerprint density at radius 2 is 1.93 bits per heavy atom. The zero-order valence-corrected chi connectivity index (χ0v) is 9.70. The fraction of sp³-hybridized carbons (Fsp3) is 0.538. The summed E-state index contributed by atoms with van der Waals surface area (Å²) in [6.07, 6.45) is 0.854. The van der Waals surface area contributed by atoms with Gasteiger partial charge in [-0.2, -0.15) is 0 Å². The molecule has 0 aliphatic carbocycles. The summed E-state index contributed by atoms with van der Waals surface area (Å²) in [5, 5.41) is 0. The van der Waals surface area contributed by atoms with Gasteiger partial charge in [0.15, 0.2) is 0 Å². The molecule has 1 aromatic carbocycles. The van der Waals surface area contributed by atoms with E-state index in [2.05, 4.69) is 13.8 Å². The maximum Gasteiger partial charge on any atom is 0.123 e. The Hall–Kier alpha value is -0.890. The van der Waals surface area contributed by atoms with E-state index in [0.29, 0.717) is 11.8 Å². The number of halogens is 1. The van der Waals surface area contributed by atoms with Gasteiger partial charge in [0.05, 0.1) is 0 Å². The van der Waals surface area contributed by atoms with E-state index in [0.717, 1.165) is 12.0 Å². The lowest BCUT2D eigenvalue weighted by Gasteiger charge is -2.24. The highest BCUT2D eigenvalue weighted by atomic mass is 19.1. The maximum atomic E-state index is 13.0. The van der Waals surface area contributed by atoms with Crippen molar-refractivity contribution < 1.29 is 4.39 Å². The van der Waals surface area contributed by atoms with E-state index < -0.39 is 0 Å². The van der Waals surface area contributed by atoms with E-state index in [4.69, 9.17) is 5.73 Å². The van der Waals surface area contributed by atoms with Crippen LogP contribution >= 0.6 is 0 Å². The third-order valence-corrected chi connectivity index (χ3v) is 2.89. The van der Waals surface area contributed by atoms with Crippen LogP contribution in [0.15, 0.2) is 24.3 Å². The van der Waals surface area contributed by atoms with Crippen LogP contribution in [-0.4, -0.2) is 6.04 Å². The van der Waals surface area contributed by atoms with Gasteiger partial charge >= 0.3 is 0 Å². The lowest BCUT2D eigenvalue weighted by molar-refractivity contribution is 0.329. The molecule has 1 aromatic rings. The Bertz CT molecular complexity index is 299. The molecule has 1 rings (SSSR count). The second-order valence-electron chi connectivity index (χ2n) is 4.60. The van der Waals surface area contributed by atoms with Crippen molar-refractivity contribution in [3.05, 3.63) is 35.6 Å². The summed E-state index contributed by atoms with van der Waals surface area (Å²) in [6.45, 7) is 6.34. The van der Waals surface area contributed by atoms with Crippen LogP contribution in [0.4, 0.5) is 4.39 Å². The highest BCUT2D eigenvalue weighted by Gasteiger charge is 2.18. The van der Waals surface area contributed by atoms with Crippen molar-refractivity contribution in [3.8, 4) is 0 Å². The van der Waals surface area contributed by atoms with Crippen molar-refractivity contribution in [2.45, 2.75) is 33.2 Å². The van der Waals surface area contributed by atoms with Crippen LogP contribution in [0.1, 0.15) is 26.3 Å². The number of rotatable bonds is 4. The van der Waals surface area contributed by atoms with Gasteiger partial charge < -0.3 is 5.73 Å². The topological polar surface area (TPSA) is 26.0 Å². The number of hydrogen-bond acceptors (Lipinski definition) is 1. The summed E-state index contributed by atoms with van der Waals surface area (Å²) in [6, 6.07) is 6.93. The first kappa shape index (κ1) is 12.2. The van der Waals surface area contributed by atoms with Gasteiger partial charge in [-0.1, -0.05) is 26.0 Å². The summed E-state index contributed by atoms with van der Waals surface area (Å²) >= 11 is 0. The summed E-state index contributed by atoms with van der Waals surface area (Å²) in [5.74, 6) is 0.764. The van der Waals surface area contributed by atoms with Crippen molar-refractivity contribution in [3.63, 3.8) is 0 Å². The standard InChI is InChI=1S/C13H20FN/c1-9(2)13(10(3)15)8-11-5-4-6-12(14)7-11/h4-7,9-10,13H,8,15H2,1-3H3. The van der Waals surface area contributed by atoms with Crippen LogP contribution in [0, 0.1) is 17.7 Å². The van der Waals surface area contributed by atoms with Crippen molar-refractivity contribution in [2.24, 2.45) is 17.6 Å². The smallest absolute Gasteiger partial charge is 0.123 e. The SMILES string of the molecule is CC(C)C(Cc1cccc(F)c1)C(C)N. The van der Waals surface area contributed by atoms with Gasteiger partial charge in [0.25, 0.3) is 0 Å². The minimum absolute atomic E-state index is 0.147. The summed E-state index contributed by atoms with van der Waals surface area (Å²) in [5.41, 5.74) is 6.96. The molecule has 1 nitrogen and oxygen atoms in total. The highest BCUT2D eigenvalue weighted by Crippen LogP contribution is 2.20. The third kappa shape index (κ3) is 3.63. The second kappa shape index (κ2) is 5.26. The maximum absolute atomic E-state index is 13.0. The predicted octanol–water partition coefficient (Wildman–Crippen LogP) is 2.99. The average Bonchev–Trinajstić information content (AvgIpc) is 2.13. The normalized spacial score (nSPS) is 15.3. The van der Waals surface area contributed by atoms with Crippen LogP contribution in [-0.2, 0) is 6.42 Å². The van der Waals surface area contributed by atoms with Crippen LogP contribution in [0.2, 0.25) is 0 Å². The molecule has 0 saturated heterocycles. The first-order valence-electron chi connectivity index (χ1n) is 5.50. The van der Waals surface area contributed by atoms with Crippen LogP contribution < -0.4 is 5.73 Å². The van der Waals surface area contributed by atoms with Gasteiger partial charge in [0.2, 0.25) is 0 Å². The molecular weight excluding hydrogens is 189 g/mol. The van der Waals surface area contributed by atoms with E-state index >= 15 is 0 Å². The molecule has 0 aliphatic heterocycles. The monoisotopic (exact) mass is 209 g/mol. The van der Waals surface area contributed by atoms with E-state index in [1.807, 2.05) is 13.0 Å². The van der Waals surface area contributed by atoms with E-state index in [9.17, 15) is 4.39 Å². The lowest BCUT2D eigenvalue weighted by atomic mass is 9.84. The Morgan fingerprint density at radius 1 is 1.27 bits per heavy atom. The van der Waals surface area contributed by atoms with Crippen LogP contribution in [0.3, 0.4) is 0 Å². The molecule has 0 bridgehead atoms. The van der Waals surface area contributed by atoms with Crippen LogP contribution in [0.25, 0.3) is 0 Å². The van der Waals surface area contributed by atoms with Gasteiger partial charge in [-0.3, -0.25) is 0 Å². The highest BCUT2D eigenvalue weighted by molar-refractivity contribution is 5.17. The quantitative estimate of drug-likeness (QED) is 0.810. The fourth-order valence-corrected chi connectivity index (χ4v) is 1.96. The molecule has 2 unspecified atom stereocenters.